The molecule has 1 aliphatic rings. The quantitative estimate of drug-likeness (QED) is 0.313. The third kappa shape index (κ3) is 0.614. The van der Waals surface area contributed by atoms with Crippen LogP contribution in [-0.4, -0.2) is 11.9 Å². The molecule has 3 unspecified atom stereocenters. The van der Waals surface area contributed by atoms with Crippen molar-refractivity contribution in [3.8, 4) is 0 Å². The summed E-state index contributed by atoms with van der Waals surface area (Å²) < 4.78 is 4.88. The Hall–Kier alpha value is 0.390. The first-order chi connectivity index (χ1) is 2.30. The van der Waals surface area contributed by atoms with Gasteiger partial charge in [0.2, 0.25) is 0 Å². The fourth-order valence-electron chi connectivity index (χ4n) is 0.202. The second kappa shape index (κ2) is 0.924. The highest BCUT2D eigenvalue weighted by molar-refractivity contribution is 7.17. The summed E-state index contributed by atoms with van der Waals surface area (Å²) in [5.41, 5.74) is 0. The van der Waals surface area contributed by atoms with E-state index in [0.29, 0.717) is 11.9 Å². The summed E-state index contributed by atoms with van der Waals surface area (Å²) in [6, 6.07) is 0. The van der Waals surface area contributed by atoms with Gasteiger partial charge in [0.1, 0.15) is 0 Å². The van der Waals surface area contributed by atoms with Gasteiger partial charge in [-0.2, -0.15) is 0 Å². The largest absolute Gasteiger partial charge is 0.366 e. The van der Waals surface area contributed by atoms with Crippen LogP contribution in [0.1, 0.15) is 6.92 Å². The van der Waals surface area contributed by atoms with E-state index in [9.17, 15) is 0 Å². The third-order valence-electron chi connectivity index (χ3n) is 0.758. The van der Waals surface area contributed by atoms with Crippen molar-refractivity contribution in [2.75, 3.05) is 0 Å². The van der Waals surface area contributed by atoms with E-state index in [1.165, 1.54) is 0 Å². The van der Waals surface area contributed by atoms with Gasteiger partial charge in [-0.05, 0) is 6.92 Å². The second-order valence-electron chi connectivity index (χ2n) is 1.31. The van der Waals surface area contributed by atoms with Crippen LogP contribution >= 0.6 is 9.24 Å². The van der Waals surface area contributed by atoms with Gasteiger partial charge in [0.05, 0.1) is 11.9 Å². The summed E-state index contributed by atoms with van der Waals surface area (Å²) in [6.45, 7) is 2.05. The number of ether oxygens (including phenoxy) is 1. The zero-order valence-electron chi connectivity index (χ0n) is 3.14. The fourth-order valence-corrected chi connectivity index (χ4v) is 0.450. The Morgan fingerprint density at radius 1 is 1.80 bits per heavy atom. The summed E-state index contributed by atoms with van der Waals surface area (Å²) in [6.07, 6.45) is 0.514. The molecule has 0 aromatic heterocycles. The molecule has 1 heterocycles. The Bertz CT molecular complexity index is 40.2. The molecule has 2 heteroatoms. The van der Waals surface area contributed by atoms with Crippen LogP contribution in [0.5, 0.6) is 0 Å². The predicted molar refractivity (Wildman–Crippen MR) is 24.0 cm³/mol. The average molecular weight is 90.1 g/mol. The number of hydrogen-bond acceptors (Lipinski definition) is 1. The first-order valence-electron chi connectivity index (χ1n) is 1.72. The van der Waals surface area contributed by atoms with Crippen LogP contribution in [0.2, 0.25) is 0 Å². The highest BCUT2D eigenvalue weighted by atomic mass is 31.0. The Labute approximate surface area is 33.9 Å². The summed E-state index contributed by atoms with van der Waals surface area (Å²) in [5, 5.41) is 0. The fraction of sp³-hybridized carbons (Fsp3) is 1.00. The molecule has 3 atom stereocenters. The zero-order chi connectivity index (χ0) is 3.86. The van der Waals surface area contributed by atoms with Gasteiger partial charge in [-0.3, -0.25) is 0 Å². The molecular formula is C3H7OP. The molecule has 0 aromatic rings. The van der Waals surface area contributed by atoms with Crippen molar-refractivity contribution in [2.24, 2.45) is 0 Å². The van der Waals surface area contributed by atoms with E-state index in [1.54, 1.807) is 0 Å². The van der Waals surface area contributed by atoms with Crippen LogP contribution in [0.4, 0.5) is 0 Å². The zero-order valence-corrected chi connectivity index (χ0v) is 4.29. The molecule has 1 aliphatic heterocycles. The Morgan fingerprint density at radius 3 is 2.00 bits per heavy atom. The van der Waals surface area contributed by atoms with Gasteiger partial charge in [-0.15, -0.1) is 9.24 Å². The second-order valence-corrected chi connectivity index (χ2v) is 1.96. The Kier molecular flexibility index (Phi) is 0.661. The van der Waals surface area contributed by atoms with Crippen molar-refractivity contribution in [2.45, 2.75) is 18.9 Å². The third-order valence-corrected chi connectivity index (χ3v) is 1.46. The molecule has 1 saturated heterocycles. The monoisotopic (exact) mass is 90.0 g/mol. The lowest BCUT2D eigenvalue weighted by Crippen LogP contribution is -1.68. The first-order valence-corrected chi connectivity index (χ1v) is 2.38. The summed E-state index contributed by atoms with van der Waals surface area (Å²) >= 11 is 0. The lowest BCUT2D eigenvalue weighted by molar-refractivity contribution is 0.413. The van der Waals surface area contributed by atoms with Crippen molar-refractivity contribution in [3.63, 3.8) is 0 Å². The molecule has 0 radical (unpaired) electrons. The molecule has 0 N–H and O–H groups in total. The number of rotatable bonds is 0. The Morgan fingerprint density at radius 2 is 2.00 bits per heavy atom. The van der Waals surface area contributed by atoms with Crippen LogP contribution in [0.25, 0.3) is 0 Å². The molecule has 0 aromatic carbocycles. The van der Waals surface area contributed by atoms with E-state index in [-0.39, 0.29) is 0 Å². The minimum absolute atomic E-state index is 0.468. The normalized spacial score (nSPS) is 49.2. The van der Waals surface area contributed by atoms with Crippen LogP contribution in [0.15, 0.2) is 0 Å². The molecule has 1 fully saturated rings. The van der Waals surface area contributed by atoms with Crippen molar-refractivity contribution in [3.05, 3.63) is 0 Å². The molecule has 0 aliphatic carbocycles. The molecule has 0 saturated carbocycles. The summed E-state index contributed by atoms with van der Waals surface area (Å²) in [5.74, 6) is 0.468. The lowest BCUT2D eigenvalue weighted by Gasteiger charge is -1.57. The van der Waals surface area contributed by atoms with E-state index in [2.05, 4.69) is 16.2 Å². The van der Waals surface area contributed by atoms with Crippen LogP contribution in [0, 0.1) is 0 Å². The maximum atomic E-state index is 4.88. The molecule has 1 nitrogen and oxygen atoms in total. The van der Waals surface area contributed by atoms with Crippen molar-refractivity contribution < 1.29 is 4.74 Å². The smallest absolute Gasteiger partial charge is 0.0971 e. The first kappa shape index (κ1) is 3.58. The van der Waals surface area contributed by atoms with Crippen molar-refractivity contribution in [1.29, 1.82) is 0 Å². The number of epoxide rings is 1. The highest BCUT2D eigenvalue weighted by Gasteiger charge is 2.28. The molecular weight excluding hydrogens is 83.0 g/mol. The minimum Gasteiger partial charge on any atom is -0.366 e. The van der Waals surface area contributed by atoms with E-state index in [4.69, 9.17) is 4.74 Å². The molecule has 5 heavy (non-hydrogen) atoms. The van der Waals surface area contributed by atoms with Gasteiger partial charge in [0.25, 0.3) is 0 Å². The van der Waals surface area contributed by atoms with Gasteiger partial charge in [0.15, 0.2) is 0 Å². The molecule has 0 bridgehead atoms. The maximum Gasteiger partial charge on any atom is 0.0971 e. The summed E-state index contributed by atoms with van der Waals surface area (Å²) in [4.78, 5) is 0. The number of hydrogen-bond donors (Lipinski definition) is 0. The molecule has 0 spiro atoms. The molecule has 1 rings (SSSR count). The lowest BCUT2D eigenvalue weighted by atomic mass is 10.6. The van der Waals surface area contributed by atoms with E-state index >= 15 is 0 Å². The van der Waals surface area contributed by atoms with E-state index in [0.717, 1.165) is 0 Å². The van der Waals surface area contributed by atoms with Gasteiger partial charge in [-0.25, -0.2) is 0 Å². The minimum atomic E-state index is 0.468. The van der Waals surface area contributed by atoms with Crippen LogP contribution < -0.4 is 0 Å². The van der Waals surface area contributed by atoms with Gasteiger partial charge in [-0.1, -0.05) is 0 Å². The SMILES string of the molecule is CC1OC1P. The standard InChI is InChI=1S/C3H7OP/c1-2-3(5)4-2/h2-3H,5H2,1H3. The van der Waals surface area contributed by atoms with E-state index < -0.39 is 0 Å². The topological polar surface area (TPSA) is 12.5 Å². The van der Waals surface area contributed by atoms with Gasteiger partial charge in [0, 0.05) is 0 Å². The van der Waals surface area contributed by atoms with Gasteiger partial charge >= 0.3 is 0 Å². The van der Waals surface area contributed by atoms with Crippen LogP contribution in [0.3, 0.4) is 0 Å². The molecule has 0 amide bonds. The van der Waals surface area contributed by atoms with Crippen molar-refractivity contribution in [1.82, 2.24) is 0 Å². The van der Waals surface area contributed by atoms with E-state index in [1.807, 2.05) is 0 Å². The van der Waals surface area contributed by atoms with Crippen molar-refractivity contribution >= 4 is 9.24 Å². The average Bonchev–Trinajstić information content (AvgIpc) is 1.79. The maximum absolute atomic E-state index is 4.88. The molecule has 30 valence electrons. The summed E-state index contributed by atoms with van der Waals surface area (Å²) in [7, 11) is 2.59. The predicted octanol–water partition coefficient (Wildman–Crippen LogP) is 0.606. The van der Waals surface area contributed by atoms with Gasteiger partial charge < -0.3 is 4.74 Å². The van der Waals surface area contributed by atoms with Crippen LogP contribution in [-0.2, 0) is 4.74 Å². The highest BCUT2D eigenvalue weighted by Crippen LogP contribution is 2.26. The Balaban J connectivity index is 2.20.